The van der Waals surface area contributed by atoms with E-state index in [2.05, 4.69) is 40.2 Å². The summed E-state index contributed by atoms with van der Waals surface area (Å²) in [6.07, 6.45) is 6.88. The Bertz CT molecular complexity index is 1290. The van der Waals surface area contributed by atoms with Gasteiger partial charge in [0.15, 0.2) is 11.8 Å². The quantitative estimate of drug-likeness (QED) is 0.383. The number of benzene rings is 1. The first kappa shape index (κ1) is 23.6. The van der Waals surface area contributed by atoms with E-state index in [-0.39, 0.29) is 30.2 Å². The summed E-state index contributed by atoms with van der Waals surface area (Å²) in [6.45, 7) is 6.37. The van der Waals surface area contributed by atoms with Gasteiger partial charge in [-0.2, -0.15) is 5.10 Å². The molecule has 1 aliphatic heterocycles. The first-order chi connectivity index (χ1) is 18.0. The molecule has 2 bridgehead atoms. The number of hydrogen-bond donors (Lipinski definition) is 4. The second kappa shape index (κ2) is 9.05. The highest BCUT2D eigenvalue weighted by atomic mass is 16.3. The van der Waals surface area contributed by atoms with Crippen molar-refractivity contribution in [1.82, 2.24) is 19.7 Å². The number of rotatable bonds is 6. The first-order valence-corrected chi connectivity index (χ1v) is 14.5. The van der Waals surface area contributed by atoms with Gasteiger partial charge in [-0.15, -0.1) is 0 Å². The van der Waals surface area contributed by atoms with Crippen LogP contribution in [0.3, 0.4) is 0 Å². The Labute approximate surface area is 218 Å². The molecule has 1 saturated heterocycles. The maximum Gasteiger partial charge on any atom is 0.197 e. The van der Waals surface area contributed by atoms with Crippen molar-refractivity contribution in [2.75, 3.05) is 26.2 Å². The maximum absolute atomic E-state index is 11.2. The standard InChI is InChI=1S/C30H40N4O3/c1-17-22-13-23(24(17)16-35)27-26(22)29(36)34(30(27)37)15-20-6-4-5-19(20)14-33-11-9-18(10-12-33)28-21-7-2-3-8-25(21)31-32-28/h2-3,7-8,17-20,22-24,35-37H,4-6,9-16H2,1H3,(H,31,32)/t17?,19-,20-,22?,23?,24?/m1/s1. The van der Waals surface area contributed by atoms with E-state index in [1.165, 1.54) is 23.9 Å². The molecule has 0 amide bonds. The molecule has 1 aromatic carbocycles. The summed E-state index contributed by atoms with van der Waals surface area (Å²) in [6, 6.07) is 8.41. The lowest BCUT2D eigenvalue weighted by Crippen LogP contribution is -2.38. The zero-order valence-electron chi connectivity index (χ0n) is 21.8. The minimum atomic E-state index is 0.158. The summed E-state index contributed by atoms with van der Waals surface area (Å²) in [7, 11) is 0. The molecule has 4 N–H and O–H groups in total. The van der Waals surface area contributed by atoms with Gasteiger partial charge in [-0.1, -0.05) is 31.5 Å². The van der Waals surface area contributed by atoms with E-state index >= 15 is 0 Å². The topological polar surface area (TPSA) is 97.5 Å². The lowest BCUT2D eigenvalue weighted by atomic mass is 9.78. The predicted molar refractivity (Wildman–Crippen MR) is 143 cm³/mol. The van der Waals surface area contributed by atoms with Gasteiger partial charge in [-0.25, -0.2) is 0 Å². The van der Waals surface area contributed by atoms with Crippen LogP contribution in [0.25, 0.3) is 10.9 Å². The van der Waals surface area contributed by atoms with Crippen LogP contribution in [0.4, 0.5) is 0 Å². The number of hydrogen-bond acceptors (Lipinski definition) is 5. The lowest BCUT2D eigenvalue weighted by Gasteiger charge is -2.34. The molecule has 0 spiro atoms. The molecular formula is C30H40N4O3. The number of likely N-dealkylation sites (tertiary alicyclic amines) is 1. The van der Waals surface area contributed by atoms with Crippen LogP contribution in [-0.4, -0.2) is 61.2 Å². The third-order valence-corrected chi connectivity index (χ3v) is 10.8. The largest absolute Gasteiger partial charge is 0.494 e. The van der Waals surface area contributed by atoms with E-state index in [9.17, 15) is 15.3 Å². The average Bonchev–Trinajstić information content (AvgIpc) is 3.72. The molecule has 7 nitrogen and oxygen atoms in total. The van der Waals surface area contributed by atoms with Crippen LogP contribution in [0.2, 0.25) is 0 Å². The molecule has 37 heavy (non-hydrogen) atoms. The van der Waals surface area contributed by atoms with Gasteiger partial charge in [0.05, 0.1) is 5.52 Å². The van der Waals surface area contributed by atoms with Crippen LogP contribution in [-0.2, 0) is 6.54 Å². The Morgan fingerprint density at radius 3 is 2.41 bits per heavy atom. The fourth-order valence-corrected chi connectivity index (χ4v) is 8.73. The van der Waals surface area contributed by atoms with Gasteiger partial charge in [0.25, 0.3) is 0 Å². The number of fused-ring (bicyclic) bond motifs is 6. The van der Waals surface area contributed by atoms with Gasteiger partial charge in [0.1, 0.15) is 0 Å². The second-order valence-electron chi connectivity index (χ2n) is 12.4. The Morgan fingerprint density at radius 1 is 0.946 bits per heavy atom. The van der Waals surface area contributed by atoms with Crippen LogP contribution >= 0.6 is 0 Å². The Balaban J connectivity index is 1.02. The highest BCUT2D eigenvalue weighted by Gasteiger charge is 2.53. The molecule has 6 atom stereocenters. The minimum Gasteiger partial charge on any atom is -0.494 e. The summed E-state index contributed by atoms with van der Waals surface area (Å²) >= 11 is 0. The molecule has 3 heterocycles. The van der Waals surface area contributed by atoms with Gasteiger partial charge in [0.2, 0.25) is 0 Å². The Kier molecular flexibility index (Phi) is 5.77. The SMILES string of the molecule is CC1C2CC(c3c2c(O)n(C[C@H]2CCC[C@@H]2CN2CCC(c4[nH]nc5ccccc45)CC2)c3O)C1CO. The normalized spacial score (nSPS) is 32.1. The fraction of sp³-hybridized carbons (Fsp3) is 0.633. The van der Waals surface area contributed by atoms with E-state index in [4.69, 9.17) is 0 Å². The van der Waals surface area contributed by atoms with Crippen molar-refractivity contribution in [3.63, 3.8) is 0 Å². The van der Waals surface area contributed by atoms with Crippen LogP contribution in [0.5, 0.6) is 11.8 Å². The molecule has 3 fully saturated rings. The molecule has 3 aromatic rings. The molecule has 0 radical (unpaired) electrons. The number of aliphatic hydroxyl groups is 1. The summed E-state index contributed by atoms with van der Waals surface area (Å²) in [5, 5.41) is 41.5. The molecule has 7 rings (SSSR count). The summed E-state index contributed by atoms with van der Waals surface area (Å²) < 4.78 is 1.81. The van der Waals surface area contributed by atoms with Crippen molar-refractivity contribution >= 4 is 10.9 Å². The number of nitrogens with zero attached hydrogens (tertiary/aromatic N) is 3. The van der Waals surface area contributed by atoms with E-state index in [1.54, 1.807) is 0 Å². The van der Waals surface area contributed by atoms with Crippen LogP contribution in [0, 0.1) is 23.7 Å². The fourth-order valence-electron chi connectivity index (χ4n) is 8.73. The van der Waals surface area contributed by atoms with Crippen molar-refractivity contribution < 1.29 is 15.3 Å². The van der Waals surface area contributed by atoms with Gasteiger partial charge in [-0.3, -0.25) is 9.67 Å². The summed E-state index contributed by atoms with van der Waals surface area (Å²) in [4.78, 5) is 2.64. The highest BCUT2D eigenvalue weighted by Crippen LogP contribution is 2.64. The average molecular weight is 505 g/mol. The van der Waals surface area contributed by atoms with Gasteiger partial charge < -0.3 is 20.2 Å². The second-order valence-corrected chi connectivity index (χ2v) is 12.4. The number of aromatic nitrogens is 3. The number of para-hydroxylation sites is 1. The molecule has 4 unspecified atom stereocenters. The third kappa shape index (κ3) is 3.64. The minimum absolute atomic E-state index is 0.158. The number of aromatic hydroxyl groups is 2. The molecule has 198 valence electrons. The van der Waals surface area contributed by atoms with E-state index < -0.39 is 0 Å². The van der Waals surface area contributed by atoms with Crippen LogP contribution < -0.4 is 0 Å². The predicted octanol–water partition coefficient (Wildman–Crippen LogP) is 4.90. The van der Waals surface area contributed by atoms with Crippen molar-refractivity contribution in [2.45, 2.75) is 69.7 Å². The third-order valence-electron chi connectivity index (χ3n) is 10.8. The van der Waals surface area contributed by atoms with Crippen molar-refractivity contribution in [2.24, 2.45) is 23.7 Å². The molecule has 4 aliphatic rings. The number of aromatic amines is 1. The number of nitrogens with one attached hydrogen (secondary N) is 1. The van der Waals surface area contributed by atoms with E-state index in [0.717, 1.165) is 62.0 Å². The van der Waals surface area contributed by atoms with E-state index in [1.807, 2.05) is 10.6 Å². The van der Waals surface area contributed by atoms with Crippen molar-refractivity contribution in [3.8, 4) is 11.8 Å². The Hall–Kier alpha value is -2.51. The number of aliphatic hydroxyl groups excluding tert-OH is 1. The molecule has 3 aliphatic carbocycles. The summed E-state index contributed by atoms with van der Waals surface area (Å²) in [5.74, 6) is 3.16. The summed E-state index contributed by atoms with van der Waals surface area (Å²) in [5.41, 5.74) is 4.27. The zero-order valence-corrected chi connectivity index (χ0v) is 21.8. The van der Waals surface area contributed by atoms with Gasteiger partial charge in [0, 0.05) is 47.8 Å². The van der Waals surface area contributed by atoms with Crippen LogP contribution in [0.1, 0.15) is 80.0 Å². The molecule has 7 heteroatoms. The number of H-pyrrole nitrogens is 1. The van der Waals surface area contributed by atoms with Gasteiger partial charge in [-0.05, 0) is 86.8 Å². The van der Waals surface area contributed by atoms with Crippen molar-refractivity contribution in [1.29, 1.82) is 0 Å². The van der Waals surface area contributed by atoms with Crippen molar-refractivity contribution in [3.05, 3.63) is 41.1 Å². The highest BCUT2D eigenvalue weighted by molar-refractivity contribution is 5.81. The first-order valence-electron chi connectivity index (χ1n) is 14.5. The maximum atomic E-state index is 11.2. The molecule has 2 saturated carbocycles. The number of piperidine rings is 1. The van der Waals surface area contributed by atoms with Crippen LogP contribution in [0.15, 0.2) is 24.3 Å². The van der Waals surface area contributed by atoms with E-state index in [0.29, 0.717) is 36.1 Å². The van der Waals surface area contributed by atoms with Gasteiger partial charge >= 0.3 is 0 Å². The molecule has 2 aromatic heterocycles. The monoisotopic (exact) mass is 504 g/mol. The lowest BCUT2D eigenvalue weighted by molar-refractivity contribution is 0.157. The molecular weight excluding hydrogens is 464 g/mol. The zero-order chi connectivity index (χ0) is 25.3. The smallest absolute Gasteiger partial charge is 0.197 e. The Morgan fingerprint density at radius 2 is 1.65 bits per heavy atom.